The summed E-state index contributed by atoms with van der Waals surface area (Å²) in [5.74, 6) is 0.776. The summed E-state index contributed by atoms with van der Waals surface area (Å²) in [5.41, 5.74) is 2.53. The Morgan fingerprint density at radius 1 is 1.17 bits per heavy atom. The number of benzene rings is 1. The normalized spacial score (nSPS) is 11.3. The zero-order valence-corrected chi connectivity index (χ0v) is 15.5. The molecule has 0 radical (unpaired) electrons. The van der Waals surface area contributed by atoms with Gasteiger partial charge in [0, 0.05) is 10.2 Å². The number of aromatic nitrogens is 1. The number of unbranched alkanes of at least 4 members (excludes halogenated alkanes) is 1. The average Bonchev–Trinajstić information content (AvgIpc) is 2.51. The van der Waals surface area contributed by atoms with Gasteiger partial charge < -0.3 is 5.32 Å². The van der Waals surface area contributed by atoms with Crippen LogP contribution >= 0.6 is 15.9 Å². The van der Waals surface area contributed by atoms with Crippen molar-refractivity contribution in [2.24, 2.45) is 0 Å². The number of aryl methyl sites for hydroxylation is 1. The monoisotopic (exact) mass is 397 g/mol. The van der Waals surface area contributed by atoms with E-state index < -0.39 is 10.0 Å². The molecular formula is C16H20BrN3O2S. The molecule has 2 rings (SSSR count). The number of nitrogens with one attached hydrogen (secondary N) is 2. The summed E-state index contributed by atoms with van der Waals surface area (Å²) in [6.07, 6.45) is 2.99. The van der Waals surface area contributed by atoms with E-state index in [9.17, 15) is 8.42 Å². The van der Waals surface area contributed by atoms with Crippen LogP contribution in [0.2, 0.25) is 0 Å². The summed E-state index contributed by atoms with van der Waals surface area (Å²) in [5, 5.41) is 3.18. The molecule has 0 saturated heterocycles. The number of rotatable bonds is 7. The second kappa shape index (κ2) is 7.79. The summed E-state index contributed by atoms with van der Waals surface area (Å²) < 4.78 is 27.2. The van der Waals surface area contributed by atoms with Crippen LogP contribution in [0.15, 0.2) is 41.0 Å². The van der Waals surface area contributed by atoms with Gasteiger partial charge in [-0.25, -0.2) is 13.4 Å². The number of halogens is 1. The van der Waals surface area contributed by atoms with E-state index in [0.29, 0.717) is 17.9 Å². The molecule has 1 aromatic carbocycles. The third kappa shape index (κ3) is 5.51. The molecule has 0 spiro atoms. The topological polar surface area (TPSA) is 71.1 Å². The average molecular weight is 398 g/mol. The lowest BCUT2D eigenvalue weighted by molar-refractivity contribution is 0.598. The minimum absolute atomic E-state index is 0.126. The highest BCUT2D eigenvalue weighted by atomic mass is 79.9. The van der Waals surface area contributed by atoms with E-state index in [4.69, 9.17) is 0 Å². The van der Waals surface area contributed by atoms with E-state index in [1.165, 1.54) is 6.20 Å². The number of sulfonamides is 1. The highest BCUT2D eigenvalue weighted by molar-refractivity contribution is 9.10. The molecule has 0 bridgehead atoms. The molecule has 0 atom stereocenters. The van der Waals surface area contributed by atoms with E-state index in [1.807, 2.05) is 32.0 Å². The maximum atomic E-state index is 11.8. The first-order valence-corrected chi connectivity index (χ1v) is 9.84. The zero-order valence-electron chi connectivity index (χ0n) is 13.1. The van der Waals surface area contributed by atoms with Gasteiger partial charge in [0.15, 0.2) is 0 Å². The number of pyridine rings is 1. The van der Waals surface area contributed by atoms with Crippen molar-refractivity contribution >= 4 is 43.1 Å². The van der Waals surface area contributed by atoms with Crippen LogP contribution in [0.4, 0.5) is 17.2 Å². The van der Waals surface area contributed by atoms with Crippen molar-refractivity contribution in [3.05, 3.63) is 46.6 Å². The smallest absolute Gasteiger partial charge is 0.232 e. The quantitative estimate of drug-likeness (QED) is 0.724. The fraction of sp³-hybridized carbons (Fsp3) is 0.312. The van der Waals surface area contributed by atoms with Crippen molar-refractivity contribution in [2.45, 2.75) is 26.7 Å². The summed E-state index contributed by atoms with van der Waals surface area (Å²) in [7, 11) is -3.30. The molecule has 124 valence electrons. The van der Waals surface area contributed by atoms with Crippen LogP contribution in [0.1, 0.15) is 25.3 Å². The highest BCUT2D eigenvalue weighted by Gasteiger charge is 2.09. The minimum Gasteiger partial charge on any atom is -0.340 e. The Morgan fingerprint density at radius 2 is 1.91 bits per heavy atom. The largest absolute Gasteiger partial charge is 0.340 e. The Kier molecular flexibility index (Phi) is 6.01. The van der Waals surface area contributed by atoms with Gasteiger partial charge in [0.1, 0.15) is 5.82 Å². The van der Waals surface area contributed by atoms with E-state index in [1.54, 1.807) is 12.1 Å². The van der Waals surface area contributed by atoms with Gasteiger partial charge in [0.2, 0.25) is 10.0 Å². The van der Waals surface area contributed by atoms with Gasteiger partial charge in [-0.3, -0.25) is 4.72 Å². The fourth-order valence-corrected chi connectivity index (χ4v) is 3.54. The molecular weight excluding hydrogens is 378 g/mol. The van der Waals surface area contributed by atoms with Crippen LogP contribution in [-0.2, 0) is 10.0 Å². The minimum atomic E-state index is -3.30. The lowest BCUT2D eigenvalue weighted by atomic mass is 10.2. The van der Waals surface area contributed by atoms with Crippen molar-refractivity contribution in [1.82, 2.24) is 4.98 Å². The SMILES string of the molecule is CCCCS(=O)(=O)Nc1ccc(Nc2ccc(C)c(Br)c2)nc1. The number of nitrogens with zero attached hydrogens (tertiary/aromatic N) is 1. The number of anilines is 3. The number of hydrogen-bond acceptors (Lipinski definition) is 4. The van der Waals surface area contributed by atoms with E-state index in [-0.39, 0.29) is 5.75 Å². The summed E-state index contributed by atoms with van der Waals surface area (Å²) in [6, 6.07) is 9.37. The Balaban J connectivity index is 2.03. The van der Waals surface area contributed by atoms with Crippen LogP contribution in [0.3, 0.4) is 0 Å². The van der Waals surface area contributed by atoms with Crippen LogP contribution < -0.4 is 10.0 Å². The van der Waals surface area contributed by atoms with Crippen molar-refractivity contribution in [3.63, 3.8) is 0 Å². The third-order valence-corrected chi connectivity index (χ3v) is 5.47. The van der Waals surface area contributed by atoms with Crippen LogP contribution in [-0.4, -0.2) is 19.2 Å². The van der Waals surface area contributed by atoms with E-state index in [2.05, 4.69) is 31.0 Å². The molecule has 0 fully saturated rings. The first kappa shape index (κ1) is 17.7. The molecule has 0 aliphatic carbocycles. The maximum Gasteiger partial charge on any atom is 0.232 e. The lowest BCUT2D eigenvalue weighted by Gasteiger charge is -2.10. The van der Waals surface area contributed by atoms with Crippen LogP contribution in [0.25, 0.3) is 0 Å². The first-order chi connectivity index (χ1) is 10.9. The molecule has 0 aliphatic heterocycles. The van der Waals surface area contributed by atoms with Crippen molar-refractivity contribution in [1.29, 1.82) is 0 Å². The van der Waals surface area contributed by atoms with E-state index in [0.717, 1.165) is 22.1 Å². The predicted molar refractivity (Wildman–Crippen MR) is 98.7 cm³/mol. The van der Waals surface area contributed by atoms with Gasteiger partial charge in [0.05, 0.1) is 17.6 Å². The molecule has 0 saturated carbocycles. The number of hydrogen-bond donors (Lipinski definition) is 2. The van der Waals surface area contributed by atoms with Gasteiger partial charge in [-0.15, -0.1) is 0 Å². The molecule has 23 heavy (non-hydrogen) atoms. The Labute approximate surface area is 145 Å². The van der Waals surface area contributed by atoms with Gasteiger partial charge in [-0.1, -0.05) is 35.3 Å². The zero-order chi connectivity index (χ0) is 16.9. The second-order valence-corrected chi connectivity index (χ2v) is 7.99. The van der Waals surface area contributed by atoms with Gasteiger partial charge >= 0.3 is 0 Å². The van der Waals surface area contributed by atoms with Crippen LogP contribution in [0.5, 0.6) is 0 Å². The van der Waals surface area contributed by atoms with Gasteiger partial charge in [0.25, 0.3) is 0 Å². The highest BCUT2D eigenvalue weighted by Crippen LogP contribution is 2.23. The van der Waals surface area contributed by atoms with E-state index >= 15 is 0 Å². The molecule has 0 aliphatic rings. The molecule has 1 aromatic heterocycles. The predicted octanol–water partition coefficient (Wildman–Crippen LogP) is 4.44. The molecule has 0 amide bonds. The summed E-state index contributed by atoms with van der Waals surface area (Å²) in [4.78, 5) is 4.24. The summed E-state index contributed by atoms with van der Waals surface area (Å²) >= 11 is 3.49. The van der Waals surface area contributed by atoms with Gasteiger partial charge in [-0.05, 0) is 43.2 Å². The molecule has 0 unspecified atom stereocenters. The molecule has 1 heterocycles. The molecule has 2 N–H and O–H groups in total. The van der Waals surface area contributed by atoms with Crippen molar-refractivity contribution in [3.8, 4) is 0 Å². The molecule has 7 heteroatoms. The Hall–Kier alpha value is -1.60. The molecule has 5 nitrogen and oxygen atoms in total. The lowest BCUT2D eigenvalue weighted by Crippen LogP contribution is -2.16. The Bertz CT molecular complexity index is 761. The standard InChI is InChI=1S/C16H20BrN3O2S/c1-3-4-9-23(21,22)20-14-7-8-16(18-11-14)19-13-6-5-12(2)15(17)10-13/h5-8,10-11,20H,3-4,9H2,1-2H3,(H,18,19). The second-order valence-electron chi connectivity index (χ2n) is 5.30. The fourth-order valence-electron chi connectivity index (χ4n) is 1.91. The molecule has 2 aromatic rings. The maximum absolute atomic E-state index is 11.8. The Morgan fingerprint density at radius 3 is 2.52 bits per heavy atom. The first-order valence-electron chi connectivity index (χ1n) is 7.39. The summed E-state index contributed by atoms with van der Waals surface area (Å²) in [6.45, 7) is 3.98. The van der Waals surface area contributed by atoms with Crippen LogP contribution in [0, 0.1) is 6.92 Å². The van der Waals surface area contributed by atoms with Crippen molar-refractivity contribution in [2.75, 3.05) is 15.8 Å². The third-order valence-electron chi connectivity index (χ3n) is 3.25. The van der Waals surface area contributed by atoms with Crippen molar-refractivity contribution < 1.29 is 8.42 Å². The van der Waals surface area contributed by atoms with Gasteiger partial charge in [-0.2, -0.15) is 0 Å².